The Kier molecular flexibility index (Phi) is 2.59. The van der Waals surface area contributed by atoms with Gasteiger partial charge < -0.3 is 5.73 Å². The highest BCUT2D eigenvalue weighted by atomic mass is 16.1. The average molecular weight is 253 g/mol. The van der Waals surface area contributed by atoms with E-state index in [2.05, 4.69) is 42.0 Å². The number of guanidine groups is 1. The van der Waals surface area contributed by atoms with Crippen LogP contribution in [0.3, 0.4) is 0 Å². The largest absolute Gasteiger partial charge is 0.368 e. The van der Waals surface area contributed by atoms with Gasteiger partial charge in [0.2, 0.25) is 5.96 Å². The van der Waals surface area contributed by atoms with E-state index in [-0.39, 0.29) is 17.8 Å². The Balaban J connectivity index is 2.20. The van der Waals surface area contributed by atoms with Crippen molar-refractivity contribution in [1.29, 1.82) is 0 Å². The molecule has 1 atom stereocenters. The molecule has 1 aromatic carbocycles. The van der Waals surface area contributed by atoms with Crippen molar-refractivity contribution in [2.45, 2.75) is 19.8 Å². The van der Waals surface area contributed by atoms with Crippen LogP contribution in [0.5, 0.6) is 0 Å². The third-order valence-electron chi connectivity index (χ3n) is 3.48. The number of carbonyl (C=O) groups excluding carboxylic acids is 1. The molecule has 1 unspecified atom stereocenters. The van der Waals surface area contributed by atoms with Crippen molar-refractivity contribution < 1.29 is 4.79 Å². The van der Waals surface area contributed by atoms with Gasteiger partial charge in [-0.15, -0.1) is 0 Å². The van der Waals surface area contributed by atoms with Crippen LogP contribution in [0.1, 0.15) is 25.3 Å². The summed E-state index contributed by atoms with van der Waals surface area (Å²) in [7, 11) is 0. The number of hydrogen-bond donors (Lipinski definition) is 1. The summed E-state index contributed by atoms with van der Waals surface area (Å²) in [5, 5.41) is 2.14. The molecule has 1 aliphatic carbocycles. The molecule has 0 spiro atoms. The highest BCUT2D eigenvalue weighted by Gasteiger charge is 2.26. The van der Waals surface area contributed by atoms with Crippen molar-refractivity contribution in [3.63, 3.8) is 0 Å². The van der Waals surface area contributed by atoms with Crippen molar-refractivity contribution in [2.75, 3.05) is 0 Å². The predicted molar refractivity (Wildman–Crippen MR) is 76.3 cm³/mol. The summed E-state index contributed by atoms with van der Waals surface area (Å²) in [5.74, 6) is -0.116. The van der Waals surface area contributed by atoms with Gasteiger partial charge in [-0.05, 0) is 28.0 Å². The molecular formula is C15H15N3O. The minimum Gasteiger partial charge on any atom is -0.368 e. The molecular weight excluding hydrogens is 238 g/mol. The molecule has 0 bridgehead atoms. The quantitative estimate of drug-likeness (QED) is 0.782. The fourth-order valence-electron chi connectivity index (χ4n) is 2.38. The van der Waals surface area contributed by atoms with Crippen LogP contribution in [0.25, 0.3) is 12.2 Å². The lowest BCUT2D eigenvalue weighted by Crippen LogP contribution is -2.39. The van der Waals surface area contributed by atoms with Gasteiger partial charge in [0.1, 0.15) is 5.92 Å². The van der Waals surface area contributed by atoms with Crippen molar-refractivity contribution in [1.82, 2.24) is 0 Å². The first-order valence-electron chi connectivity index (χ1n) is 6.35. The van der Waals surface area contributed by atoms with Gasteiger partial charge in [0.25, 0.3) is 5.91 Å². The zero-order valence-electron chi connectivity index (χ0n) is 10.9. The maximum Gasteiger partial charge on any atom is 0.261 e. The molecule has 0 saturated carbocycles. The molecule has 2 aliphatic rings. The van der Waals surface area contributed by atoms with Gasteiger partial charge in [-0.3, -0.25) is 4.79 Å². The smallest absolute Gasteiger partial charge is 0.261 e. The van der Waals surface area contributed by atoms with Crippen molar-refractivity contribution in [2.24, 2.45) is 21.6 Å². The molecule has 1 heterocycles. The molecule has 1 aliphatic heterocycles. The summed E-state index contributed by atoms with van der Waals surface area (Å²) in [6.07, 6.45) is 3.85. The number of hydrogen-bond acceptors (Lipinski definition) is 3. The molecule has 3 rings (SSSR count). The van der Waals surface area contributed by atoms with E-state index in [0.717, 1.165) is 10.4 Å². The fourth-order valence-corrected chi connectivity index (χ4v) is 2.38. The SMILES string of the molecule is CC(C)c1ccc2c(c1)=CC1C(=O)N=C(N)N=C1C=2. The second kappa shape index (κ2) is 4.16. The van der Waals surface area contributed by atoms with Crippen molar-refractivity contribution in [3.8, 4) is 0 Å². The molecule has 1 amide bonds. The first-order valence-corrected chi connectivity index (χ1v) is 6.35. The lowest BCUT2D eigenvalue weighted by Gasteiger charge is -2.17. The fraction of sp³-hybridized carbons (Fsp3) is 0.267. The summed E-state index contributed by atoms with van der Waals surface area (Å²) in [4.78, 5) is 19.7. The normalized spacial score (nSPS) is 20.8. The first kappa shape index (κ1) is 11.8. The van der Waals surface area contributed by atoms with Gasteiger partial charge in [0.15, 0.2) is 0 Å². The lowest BCUT2D eigenvalue weighted by molar-refractivity contribution is -0.118. The maximum absolute atomic E-state index is 11.9. The number of carbonyl (C=O) groups is 1. The highest BCUT2D eigenvalue weighted by Crippen LogP contribution is 2.15. The zero-order chi connectivity index (χ0) is 13.6. The van der Waals surface area contributed by atoms with Gasteiger partial charge >= 0.3 is 0 Å². The van der Waals surface area contributed by atoms with Crippen molar-refractivity contribution in [3.05, 3.63) is 34.2 Å². The van der Waals surface area contributed by atoms with Crippen LogP contribution in [0.2, 0.25) is 0 Å². The third-order valence-corrected chi connectivity index (χ3v) is 3.48. The number of nitrogens with two attached hydrogens (primary N) is 1. The summed E-state index contributed by atoms with van der Waals surface area (Å²) in [5.41, 5.74) is 7.47. The van der Waals surface area contributed by atoms with Gasteiger partial charge in [0, 0.05) is 0 Å². The number of rotatable bonds is 1. The van der Waals surface area contributed by atoms with E-state index in [0.29, 0.717) is 11.6 Å². The van der Waals surface area contributed by atoms with Gasteiger partial charge in [-0.1, -0.05) is 38.1 Å². The molecule has 2 N–H and O–H groups in total. The monoisotopic (exact) mass is 253 g/mol. The van der Waals surface area contributed by atoms with Crippen LogP contribution in [-0.4, -0.2) is 17.6 Å². The van der Waals surface area contributed by atoms with Crippen LogP contribution in [0.15, 0.2) is 28.2 Å². The minimum absolute atomic E-state index is 0.0446. The van der Waals surface area contributed by atoms with Crippen LogP contribution < -0.4 is 16.2 Å². The standard InChI is InChI=1S/C15H15N3O/c1-8(2)9-3-4-10-7-13-12(6-11(10)5-9)14(19)18-15(16)17-13/h3-8,12H,1-2H3,(H2,16,18,19). The molecule has 19 heavy (non-hydrogen) atoms. The molecule has 0 aromatic heterocycles. The third kappa shape index (κ3) is 1.99. The van der Waals surface area contributed by atoms with E-state index in [4.69, 9.17) is 5.73 Å². The summed E-state index contributed by atoms with van der Waals surface area (Å²) >= 11 is 0. The van der Waals surface area contributed by atoms with E-state index in [9.17, 15) is 4.79 Å². The minimum atomic E-state index is -0.387. The molecule has 96 valence electrons. The topological polar surface area (TPSA) is 67.8 Å². The lowest BCUT2D eigenvalue weighted by atomic mass is 9.92. The molecule has 4 heteroatoms. The Labute approximate surface area is 111 Å². The number of benzene rings is 1. The van der Waals surface area contributed by atoms with Crippen LogP contribution in [0.4, 0.5) is 0 Å². The Morgan fingerprint density at radius 2 is 2.00 bits per heavy atom. The van der Waals surface area contributed by atoms with E-state index < -0.39 is 0 Å². The molecule has 0 saturated heterocycles. The summed E-state index contributed by atoms with van der Waals surface area (Å²) in [6, 6.07) is 6.30. The first-order chi connectivity index (χ1) is 9.04. The average Bonchev–Trinajstić information content (AvgIpc) is 2.36. The molecule has 1 aromatic rings. The number of nitrogens with zero attached hydrogens (tertiary/aromatic N) is 2. The molecule has 0 fully saturated rings. The molecule has 4 nitrogen and oxygen atoms in total. The van der Waals surface area contributed by atoms with Gasteiger partial charge in [-0.25, -0.2) is 4.99 Å². The Morgan fingerprint density at radius 1 is 1.21 bits per heavy atom. The Hall–Kier alpha value is -2.23. The van der Waals surface area contributed by atoms with Gasteiger partial charge in [0.05, 0.1) is 5.71 Å². The van der Waals surface area contributed by atoms with E-state index in [1.807, 2.05) is 12.2 Å². The second-order valence-corrected chi connectivity index (χ2v) is 5.18. The summed E-state index contributed by atoms with van der Waals surface area (Å²) < 4.78 is 0. The second-order valence-electron chi connectivity index (χ2n) is 5.18. The highest BCUT2D eigenvalue weighted by molar-refractivity contribution is 6.29. The van der Waals surface area contributed by atoms with E-state index in [1.54, 1.807) is 0 Å². The maximum atomic E-state index is 11.9. The van der Waals surface area contributed by atoms with E-state index >= 15 is 0 Å². The Morgan fingerprint density at radius 3 is 2.74 bits per heavy atom. The van der Waals surface area contributed by atoms with Crippen LogP contribution in [-0.2, 0) is 4.79 Å². The summed E-state index contributed by atoms with van der Waals surface area (Å²) in [6.45, 7) is 4.30. The number of amides is 1. The van der Waals surface area contributed by atoms with E-state index in [1.165, 1.54) is 5.56 Å². The van der Waals surface area contributed by atoms with Crippen LogP contribution in [0, 0.1) is 5.92 Å². The predicted octanol–water partition coefficient (Wildman–Crippen LogP) is 0.297. The Bertz CT molecular complexity index is 741. The number of fused-ring (bicyclic) bond motifs is 2. The molecule has 0 radical (unpaired) electrons. The van der Waals surface area contributed by atoms with Crippen molar-refractivity contribution >= 4 is 29.7 Å². The zero-order valence-corrected chi connectivity index (χ0v) is 10.9. The number of aliphatic imine (C=N–C) groups is 2. The van der Waals surface area contributed by atoms with Crippen LogP contribution >= 0.6 is 0 Å². The van der Waals surface area contributed by atoms with Gasteiger partial charge in [-0.2, -0.15) is 4.99 Å².